The summed E-state index contributed by atoms with van der Waals surface area (Å²) in [6.45, 7) is 4.19. The van der Waals surface area contributed by atoms with Gasteiger partial charge in [0.1, 0.15) is 0 Å². The molecule has 3 nitrogen and oxygen atoms in total. The number of carbonyl (C=O) groups excluding carboxylic acids is 1. The number of hydrogen-bond acceptors (Lipinski definition) is 1. The first-order valence-corrected chi connectivity index (χ1v) is 6.31. The summed E-state index contributed by atoms with van der Waals surface area (Å²) in [5, 5.41) is 3.18. The Morgan fingerprint density at radius 2 is 1.93 bits per heavy atom. The van der Waals surface area contributed by atoms with Gasteiger partial charge in [-0.2, -0.15) is 0 Å². The first kappa shape index (κ1) is 10.8. The van der Waals surface area contributed by atoms with Gasteiger partial charge in [0.05, 0.1) is 0 Å². The molecular weight excluding hydrogens is 188 g/mol. The van der Waals surface area contributed by atoms with Crippen LogP contribution < -0.4 is 5.32 Å². The highest BCUT2D eigenvalue weighted by molar-refractivity contribution is 5.74. The van der Waals surface area contributed by atoms with Crippen LogP contribution >= 0.6 is 0 Å². The zero-order chi connectivity index (χ0) is 10.7. The molecule has 0 aromatic rings. The molecule has 0 radical (unpaired) electrons. The quantitative estimate of drug-likeness (QED) is 0.708. The highest BCUT2D eigenvalue weighted by Crippen LogP contribution is 2.23. The fourth-order valence-electron chi connectivity index (χ4n) is 2.75. The molecule has 0 aromatic carbocycles. The summed E-state index contributed by atoms with van der Waals surface area (Å²) < 4.78 is 0. The summed E-state index contributed by atoms with van der Waals surface area (Å²) in [6, 6.07) is 0.605. The van der Waals surface area contributed by atoms with Crippen LogP contribution in [0.3, 0.4) is 0 Å². The van der Waals surface area contributed by atoms with Crippen LogP contribution in [0.25, 0.3) is 0 Å². The summed E-state index contributed by atoms with van der Waals surface area (Å²) in [4.78, 5) is 13.8. The van der Waals surface area contributed by atoms with E-state index in [1.807, 2.05) is 4.90 Å². The largest absolute Gasteiger partial charge is 0.335 e. The zero-order valence-electron chi connectivity index (χ0n) is 9.67. The smallest absolute Gasteiger partial charge is 0.317 e. The summed E-state index contributed by atoms with van der Waals surface area (Å²) in [6.07, 6.45) is 7.29. The van der Waals surface area contributed by atoms with E-state index in [4.69, 9.17) is 0 Å². The van der Waals surface area contributed by atoms with Gasteiger partial charge in [-0.1, -0.05) is 19.8 Å². The van der Waals surface area contributed by atoms with Crippen LogP contribution in [0.2, 0.25) is 0 Å². The molecule has 2 unspecified atom stereocenters. The van der Waals surface area contributed by atoms with Gasteiger partial charge in [-0.3, -0.25) is 0 Å². The van der Waals surface area contributed by atoms with Gasteiger partial charge in [-0.05, 0) is 31.6 Å². The second-order valence-electron chi connectivity index (χ2n) is 5.11. The van der Waals surface area contributed by atoms with Gasteiger partial charge >= 0.3 is 6.03 Å². The first-order chi connectivity index (χ1) is 7.25. The molecule has 0 bridgehead atoms. The highest BCUT2D eigenvalue weighted by atomic mass is 16.2. The fraction of sp³-hybridized carbons (Fsp3) is 0.917. The SMILES string of the molecule is CC1CCCC(NC(=O)N2CCCC2)C1. The van der Waals surface area contributed by atoms with E-state index in [0.29, 0.717) is 6.04 Å². The Labute approximate surface area is 92.2 Å². The molecule has 1 aliphatic heterocycles. The molecule has 2 rings (SSSR count). The van der Waals surface area contributed by atoms with Gasteiger partial charge in [-0.25, -0.2) is 4.79 Å². The Bertz CT molecular complexity index is 224. The van der Waals surface area contributed by atoms with Crippen molar-refractivity contribution in [2.24, 2.45) is 5.92 Å². The lowest BCUT2D eigenvalue weighted by atomic mass is 9.87. The van der Waals surface area contributed by atoms with Crippen molar-refractivity contribution in [3.8, 4) is 0 Å². The van der Waals surface area contributed by atoms with Crippen LogP contribution in [-0.2, 0) is 0 Å². The Morgan fingerprint density at radius 1 is 1.20 bits per heavy atom. The molecule has 2 aliphatic rings. The number of amides is 2. The average Bonchev–Trinajstić information content (AvgIpc) is 2.70. The molecule has 86 valence electrons. The average molecular weight is 210 g/mol. The number of carbonyl (C=O) groups is 1. The van der Waals surface area contributed by atoms with Crippen LogP contribution in [0.4, 0.5) is 4.79 Å². The van der Waals surface area contributed by atoms with Crippen LogP contribution in [0.15, 0.2) is 0 Å². The lowest BCUT2D eigenvalue weighted by Gasteiger charge is -2.29. The Hall–Kier alpha value is -0.730. The van der Waals surface area contributed by atoms with E-state index in [9.17, 15) is 4.79 Å². The summed E-state index contributed by atoms with van der Waals surface area (Å²) in [5.41, 5.74) is 0. The van der Waals surface area contributed by atoms with Gasteiger partial charge in [-0.15, -0.1) is 0 Å². The molecule has 15 heavy (non-hydrogen) atoms. The van der Waals surface area contributed by atoms with Crippen molar-refractivity contribution in [1.82, 2.24) is 10.2 Å². The minimum absolute atomic E-state index is 0.173. The molecule has 3 heteroatoms. The number of nitrogens with zero attached hydrogens (tertiary/aromatic N) is 1. The topological polar surface area (TPSA) is 32.3 Å². The second kappa shape index (κ2) is 4.86. The number of nitrogens with one attached hydrogen (secondary N) is 1. The molecule has 1 aliphatic carbocycles. The zero-order valence-corrected chi connectivity index (χ0v) is 9.67. The summed E-state index contributed by atoms with van der Waals surface area (Å²) >= 11 is 0. The van der Waals surface area contributed by atoms with E-state index >= 15 is 0 Å². The van der Waals surface area contributed by atoms with Gasteiger partial charge in [0, 0.05) is 19.1 Å². The third-order valence-corrected chi connectivity index (χ3v) is 3.66. The molecule has 1 heterocycles. The molecule has 1 N–H and O–H groups in total. The highest BCUT2D eigenvalue weighted by Gasteiger charge is 2.24. The van der Waals surface area contributed by atoms with Crippen molar-refractivity contribution in [3.63, 3.8) is 0 Å². The van der Waals surface area contributed by atoms with Crippen molar-refractivity contribution >= 4 is 6.03 Å². The molecule has 1 saturated carbocycles. The molecule has 0 spiro atoms. The van der Waals surface area contributed by atoms with E-state index in [0.717, 1.165) is 19.0 Å². The molecule has 2 fully saturated rings. The number of likely N-dealkylation sites (tertiary alicyclic amines) is 1. The van der Waals surface area contributed by atoms with Crippen LogP contribution in [-0.4, -0.2) is 30.1 Å². The molecule has 1 saturated heterocycles. The minimum Gasteiger partial charge on any atom is -0.335 e. The van der Waals surface area contributed by atoms with E-state index < -0.39 is 0 Å². The summed E-state index contributed by atoms with van der Waals surface area (Å²) in [5.74, 6) is 0.780. The maximum Gasteiger partial charge on any atom is 0.317 e. The van der Waals surface area contributed by atoms with Crippen LogP contribution in [0.5, 0.6) is 0 Å². The lowest BCUT2D eigenvalue weighted by Crippen LogP contribution is -2.45. The Balaban J connectivity index is 1.77. The standard InChI is InChI=1S/C12H22N2O/c1-10-5-4-6-11(9-10)13-12(15)14-7-2-3-8-14/h10-11H,2-9H2,1H3,(H,13,15). The van der Waals surface area contributed by atoms with Gasteiger partial charge in [0.15, 0.2) is 0 Å². The third-order valence-electron chi connectivity index (χ3n) is 3.66. The predicted octanol–water partition coefficient (Wildman–Crippen LogP) is 2.37. The molecule has 2 amide bonds. The normalized spacial score (nSPS) is 31.7. The first-order valence-electron chi connectivity index (χ1n) is 6.31. The van der Waals surface area contributed by atoms with Crippen molar-refractivity contribution in [1.29, 1.82) is 0 Å². The predicted molar refractivity (Wildman–Crippen MR) is 60.8 cm³/mol. The van der Waals surface area contributed by atoms with E-state index in [-0.39, 0.29) is 6.03 Å². The summed E-state index contributed by atoms with van der Waals surface area (Å²) in [7, 11) is 0. The Kier molecular flexibility index (Phi) is 3.49. The van der Waals surface area contributed by atoms with Gasteiger partial charge < -0.3 is 10.2 Å². The monoisotopic (exact) mass is 210 g/mol. The maximum absolute atomic E-state index is 11.8. The number of urea groups is 1. The van der Waals surface area contributed by atoms with Crippen molar-refractivity contribution < 1.29 is 4.79 Å². The van der Waals surface area contributed by atoms with Crippen molar-refractivity contribution in [2.45, 2.75) is 51.5 Å². The Morgan fingerprint density at radius 3 is 2.60 bits per heavy atom. The van der Waals surface area contributed by atoms with Gasteiger partial charge in [0.25, 0.3) is 0 Å². The number of rotatable bonds is 1. The van der Waals surface area contributed by atoms with Crippen LogP contribution in [0.1, 0.15) is 45.4 Å². The maximum atomic E-state index is 11.8. The third kappa shape index (κ3) is 2.86. The van der Waals surface area contributed by atoms with E-state index in [1.165, 1.54) is 38.5 Å². The molecular formula is C12H22N2O. The van der Waals surface area contributed by atoms with E-state index in [1.54, 1.807) is 0 Å². The molecule has 0 aromatic heterocycles. The van der Waals surface area contributed by atoms with E-state index in [2.05, 4.69) is 12.2 Å². The lowest BCUT2D eigenvalue weighted by molar-refractivity contribution is 0.196. The number of hydrogen-bond donors (Lipinski definition) is 1. The molecule has 2 atom stereocenters. The fourth-order valence-corrected chi connectivity index (χ4v) is 2.75. The van der Waals surface area contributed by atoms with Crippen molar-refractivity contribution in [3.05, 3.63) is 0 Å². The van der Waals surface area contributed by atoms with Gasteiger partial charge in [0.2, 0.25) is 0 Å². The van der Waals surface area contributed by atoms with Crippen LogP contribution in [0, 0.1) is 5.92 Å². The minimum atomic E-state index is 0.173. The van der Waals surface area contributed by atoms with Crippen molar-refractivity contribution in [2.75, 3.05) is 13.1 Å². The second-order valence-corrected chi connectivity index (χ2v) is 5.11.